The molecule has 1 aromatic rings. The van der Waals surface area contributed by atoms with Crippen LogP contribution >= 0.6 is 0 Å². The second-order valence-corrected chi connectivity index (χ2v) is 7.26. The van der Waals surface area contributed by atoms with E-state index in [4.69, 9.17) is 4.74 Å². The minimum absolute atomic E-state index is 0.0353. The summed E-state index contributed by atoms with van der Waals surface area (Å²) in [5, 5.41) is 2.71. The summed E-state index contributed by atoms with van der Waals surface area (Å²) in [6.45, 7) is 11.1. The van der Waals surface area contributed by atoms with E-state index in [0.29, 0.717) is 25.6 Å². The molecule has 0 aliphatic carbocycles. The fourth-order valence-corrected chi connectivity index (χ4v) is 2.67. The number of nitrogens with zero attached hydrogens (tertiary/aromatic N) is 4. The number of rotatable bonds is 3. The lowest BCUT2D eigenvalue weighted by atomic mass is 10.1. The van der Waals surface area contributed by atoms with Crippen molar-refractivity contribution in [2.75, 3.05) is 25.0 Å². The van der Waals surface area contributed by atoms with Gasteiger partial charge in [0.05, 0.1) is 6.04 Å². The van der Waals surface area contributed by atoms with E-state index in [1.54, 1.807) is 23.4 Å². The number of ether oxygens (including phenoxy) is 1. The van der Waals surface area contributed by atoms with E-state index >= 15 is 0 Å². The molecule has 2 atom stereocenters. The van der Waals surface area contributed by atoms with Gasteiger partial charge in [0.15, 0.2) is 0 Å². The number of anilines is 1. The standard InChI is InChI=1S/C17H27N5O3/c1-12-11-21(9-10-22(12)16(24)25-17(3,4)5)13(2)14(23)20-15-18-7-6-8-19-15/h6-8,12-13H,9-11H2,1-5H3,(H,18,19,20,23)/t12-,13-/m1/s1. The van der Waals surface area contributed by atoms with Gasteiger partial charge in [0, 0.05) is 38.1 Å². The third-order valence-corrected chi connectivity index (χ3v) is 4.01. The Morgan fingerprint density at radius 2 is 1.92 bits per heavy atom. The lowest BCUT2D eigenvalue weighted by molar-refractivity contribution is -0.121. The van der Waals surface area contributed by atoms with Crippen molar-refractivity contribution in [3.05, 3.63) is 18.5 Å². The highest BCUT2D eigenvalue weighted by Crippen LogP contribution is 2.17. The smallest absolute Gasteiger partial charge is 0.410 e. The molecule has 0 unspecified atom stereocenters. The second-order valence-electron chi connectivity index (χ2n) is 7.26. The van der Waals surface area contributed by atoms with Crippen LogP contribution in [-0.2, 0) is 9.53 Å². The average molecular weight is 349 g/mol. The van der Waals surface area contributed by atoms with E-state index < -0.39 is 5.60 Å². The first-order valence-electron chi connectivity index (χ1n) is 8.49. The van der Waals surface area contributed by atoms with E-state index in [1.807, 2.05) is 39.5 Å². The third kappa shape index (κ3) is 5.38. The van der Waals surface area contributed by atoms with E-state index in [-0.39, 0.29) is 24.1 Å². The van der Waals surface area contributed by atoms with Crippen LogP contribution in [-0.4, -0.2) is 69.1 Å². The van der Waals surface area contributed by atoms with Gasteiger partial charge in [-0.15, -0.1) is 0 Å². The van der Waals surface area contributed by atoms with Crippen LogP contribution in [0.1, 0.15) is 34.6 Å². The summed E-state index contributed by atoms with van der Waals surface area (Å²) >= 11 is 0. The van der Waals surface area contributed by atoms with Gasteiger partial charge in [0.25, 0.3) is 0 Å². The minimum Gasteiger partial charge on any atom is -0.444 e. The quantitative estimate of drug-likeness (QED) is 0.894. The summed E-state index contributed by atoms with van der Waals surface area (Å²) < 4.78 is 5.44. The molecule has 1 fully saturated rings. The van der Waals surface area contributed by atoms with Crippen LogP contribution in [0.2, 0.25) is 0 Å². The molecule has 138 valence electrons. The van der Waals surface area contributed by atoms with E-state index in [2.05, 4.69) is 15.3 Å². The van der Waals surface area contributed by atoms with Crippen molar-refractivity contribution in [1.29, 1.82) is 0 Å². The second kappa shape index (κ2) is 7.77. The molecule has 2 rings (SSSR count). The van der Waals surface area contributed by atoms with Gasteiger partial charge in [-0.3, -0.25) is 15.0 Å². The molecule has 0 spiro atoms. The van der Waals surface area contributed by atoms with Crippen molar-refractivity contribution in [3.8, 4) is 0 Å². The lowest BCUT2D eigenvalue weighted by Crippen LogP contribution is -2.58. The summed E-state index contributed by atoms with van der Waals surface area (Å²) in [6, 6.07) is 1.32. The highest BCUT2D eigenvalue weighted by molar-refractivity contribution is 5.93. The van der Waals surface area contributed by atoms with Crippen LogP contribution in [0.25, 0.3) is 0 Å². The summed E-state index contributed by atoms with van der Waals surface area (Å²) in [5.74, 6) is 0.129. The maximum Gasteiger partial charge on any atom is 0.410 e. The molecule has 1 N–H and O–H groups in total. The van der Waals surface area contributed by atoms with Gasteiger partial charge in [-0.2, -0.15) is 0 Å². The molecule has 1 aliphatic rings. The van der Waals surface area contributed by atoms with Crippen molar-refractivity contribution in [2.45, 2.75) is 52.3 Å². The number of amides is 2. The first-order valence-corrected chi connectivity index (χ1v) is 8.49. The van der Waals surface area contributed by atoms with Crippen LogP contribution in [0.5, 0.6) is 0 Å². The number of hydrogen-bond donors (Lipinski definition) is 1. The minimum atomic E-state index is -0.517. The first-order chi connectivity index (χ1) is 11.7. The van der Waals surface area contributed by atoms with Crippen LogP contribution in [0.15, 0.2) is 18.5 Å². The zero-order valence-corrected chi connectivity index (χ0v) is 15.5. The van der Waals surface area contributed by atoms with Gasteiger partial charge in [-0.25, -0.2) is 14.8 Å². The summed E-state index contributed by atoms with van der Waals surface area (Å²) in [5.41, 5.74) is -0.517. The fraction of sp³-hybridized carbons (Fsp3) is 0.647. The molecule has 0 aromatic carbocycles. The summed E-state index contributed by atoms with van der Waals surface area (Å²) in [6.07, 6.45) is 2.85. The van der Waals surface area contributed by atoms with Crippen molar-refractivity contribution in [3.63, 3.8) is 0 Å². The number of nitrogens with one attached hydrogen (secondary N) is 1. The Morgan fingerprint density at radius 1 is 1.28 bits per heavy atom. The first kappa shape index (κ1) is 19.1. The lowest BCUT2D eigenvalue weighted by Gasteiger charge is -2.42. The van der Waals surface area contributed by atoms with Crippen LogP contribution in [0.3, 0.4) is 0 Å². The highest BCUT2D eigenvalue weighted by atomic mass is 16.6. The molecule has 1 aliphatic heterocycles. The van der Waals surface area contributed by atoms with Gasteiger partial charge in [0.2, 0.25) is 11.9 Å². The Labute approximate surface area is 148 Å². The number of aromatic nitrogens is 2. The summed E-state index contributed by atoms with van der Waals surface area (Å²) in [4.78, 5) is 36.4. The van der Waals surface area contributed by atoms with Crippen LogP contribution < -0.4 is 5.32 Å². The largest absolute Gasteiger partial charge is 0.444 e. The van der Waals surface area contributed by atoms with Gasteiger partial charge in [-0.1, -0.05) is 0 Å². The molecule has 8 heteroatoms. The van der Waals surface area contributed by atoms with Gasteiger partial charge in [-0.05, 0) is 40.7 Å². The van der Waals surface area contributed by atoms with E-state index in [1.165, 1.54) is 0 Å². The third-order valence-electron chi connectivity index (χ3n) is 4.01. The maximum absolute atomic E-state index is 12.4. The Hall–Kier alpha value is -2.22. The molecule has 1 aromatic heterocycles. The molecule has 8 nitrogen and oxygen atoms in total. The number of hydrogen-bond acceptors (Lipinski definition) is 6. The van der Waals surface area contributed by atoms with Gasteiger partial charge < -0.3 is 9.64 Å². The SMILES string of the molecule is C[C@H](C(=O)Nc1ncccn1)N1CCN(C(=O)OC(C)(C)C)[C@H](C)C1. The van der Waals surface area contributed by atoms with Crippen LogP contribution in [0.4, 0.5) is 10.7 Å². The molecule has 2 heterocycles. The van der Waals surface area contributed by atoms with E-state index in [0.717, 1.165) is 0 Å². The summed E-state index contributed by atoms with van der Waals surface area (Å²) in [7, 11) is 0. The molecule has 0 radical (unpaired) electrons. The molecule has 2 amide bonds. The predicted octanol–water partition coefficient (Wildman–Crippen LogP) is 1.74. The van der Waals surface area contributed by atoms with Crippen molar-refractivity contribution >= 4 is 17.9 Å². The van der Waals surface area contributed by atoms with E-state index in [9.17, 15) is 9.59 Å². The number of carbonyl (C=O) groups excluding carboxylic acids is 2. The molecule has 25 heavy (non-hydrogen) atoms. The molecule has 0 bridgehead atoms. The molecule has 0 saturated carbocycles. The average Bonchev–Trinajstić information content (AvgIpc) is 2.53. The Kier molecular flexibility index (Phi) is 5.94. The van der Waals surface area contributed by atoms with Gasteiger partial charge in [0.1, 0.15) is 5.60 Å². The molecular formula is C17H27N5O3. The Balaban J connectivity index is 1.91. The molecule has 1 saturated heterocycles. The number of carbonyl (C=O) groups is 2. The zero-order valence-electron chi connectivity index (χ0n) is 15.5. The predicted molar refractivity (Wildman–Crippen MR) is 94.1 cm³/mol. The van der Waals surface area contributed by atoms with Crippen molar-refractivity contribution < 1.29 is 14.3 Å². The van der Waals surface area contributed by atoms with Crippen molar-refractivity contribution in [1.82, 2.24) is 19.8 Å². The van der Waals surface area contributed by atoms with Crippen LogP contribution in [0, 0.1) is 0 Å². The monoisotopic (exact) mass is 349 g/mol. The number of piperazine rings is 1. The normalized spacial score (nSPS) is 20.0. The molecular weight excluding hydrogens is 322 g/mol. The fourth-order valence-electron chi connectivity index (χ4n) is 2.67. The maximum atomic E-state index is 12.4. The Bertz CT molecular complexity index is 602. The topological polar surface area (TPSA) is 87.7 Å². The highest BCUT2D eigenvalue weighted by Gasteiger charge is 2.34. The zero-order chi connectivity index (χ0) is 18.6. The van der Waals surface area contributed by atoms with Gasteiger partial charge >= 0.3 is 6.09 Å². The van der Waals surface area contributed by atoms with Crippen molar-refractivity contribution in [2.24, 2.45) is 0 Å². The Morgan fingerprint density at radius 3 is 2.48 bits per heavy atom.